The predicted octanol–water partition coefficient (Wildman–Crippen LogP) is 4.15. The van der Waals surface area contributed by atoms with E-state index in [4.69, 9.17) is 0 Å². The molecule has 0 radical (unpaired) electrons. The van der Waals surface area contributed by atoms with Crippen molar-refractivity contribution in [1.82, 2.24) is 4.90 Å². The van der Waals surface area contributed by atoms with Crippen molar-refractivity contribution in [3.63, 3.8) is 0 Å². The third-order valence-electron chi connectivity index (χ3n) is 5.54. The van der Waals surface area contributed by atoms with Gasteiger partial charge in [-0.15, -0.1) is 0 Å². The van der Waals surface area contributed by atoms with E-state index >= 15 is 0 Å². The van der Waals surface area contributed by atoms with E-state index in [2.05, 4.69) is 10.2 Å². The van der Waals surface area contributed by atoms with Crippen LogP contribution in [0.2, 0.25) is 0 Å². The number of hydrogen-bond acceptors (Lipinski definition) is 3. The average Bonchev–Trinajstić information content (AvgIpc) is 2.66. The lowest BCUT2D eigenvalue weighted by molar-refractivity contribution is -0.117. The summed E-state index contributed by atoms with van der Waals surface area (Å²) in [6.07, 6.45) is 1.62. The second kappa shape index (κ2) is 8.49. The summed E-state index contributed by atoms with van der Waals surface area (Å²) < 4.78 is 0. The molecule has 0 aliphatic carbocycles. The number of anilines is 1. The van der Waals surface area contributed by atoms with Crippen molar-refractivity contribution in [1.29, 1.82) is 0 Å². The van der Waals surface area contributed by atoms with Crippen molar-refractivity contribution in [3.05, 3.63) is 64.7 Å². The first kappa shape index (κ1) is 19.3. The van der Waals surface area contributed by atoms with Crippen LogP contribution in [0.1, 0.15) is 39.9 Å². The summed E-state index contributed by atoms with van der Waals surface area (Å²) in [5.41, 5.74) is 5.11. The maximum absolute atomic E-state index is 12.7. The summed E-state index contributed by atoms with van der Waals surface area (Å²) in [7, 11) is 0. The van der Waals surface area contributed by atoms with Crippen LogP contribution in [0, 0.1) is 26.7 Å². The third-order valence-corrected chi connectivity index (χ3v) is 5.54. The lowest BCUT2D eigenvalue weighted by Crippen LogP contribution is -2.40. The molecular weight excluding hydrogens is 336 g/mol. The number of ketones is 1. The number of amides is 1. The van der Waals surface area contributed by atoms with Crippen LogP contribution in [0.25, 0.3) is 0 Å². The summed E-state index contributed by atoms with van der Waals surface area (Å²) in [4.78, 5) is 27.2. The number of nitrogens with one attached hydrogen (secondary N) is 1. The van der Waals surface area contributed by atoms with Crippen LogP contribution in [0.3, 0.4) is 0 Å². The molecule has 1 fully saturated rings. The number of likely N-dealkylation sites (tertiary alicyclic amines) is 1. The Labute approximate surface area is 161 Å². The molecule has 0 bridgehead atoms. The molecule has 0 aromatic heterocycles. The van der Waals surface area contributed by atoms with Crippen molar-refractivity contribution in [3.8, 4) is 0 Å². The molecule has 1 aliphatic rings. The molecule has 4 heteroatoms. The lowest BCUT2D eigenvalue weighted by Gasteiger charge is -2.30. The maximum atomic E-state index is 12.7. The smallest absolute Gasteiger partial charge is 0.238 e. The monoisotopic (exact) mass is 364 g/mol. The molecule has 1 N–H and O–H groups in total. The second-order valence-electron chi connectivity index (χ2n) is 7.58. The largest absolute Gasteiger partial charge is 0.325 e. The van der Waals surface area contributed by atoms with Crippen molar-refractivity contribution in [2.24, 2.45) is 5.92 Å². The van der Waals surface area contributed by atoms with Crippen LogP contribution in [-0.2, 0) is 4.79 Å². The Balaban J connectivity index is 1.50. The van der Waals surface area contributed by atoms with Gasteiger partial charge in [0.15, 0.2) is 5.78 Å². The van der Waals surface area contributed by atoms with Gasteiger partial charge in [0, 0.05) is 17.2 Å². The first-order chi connectivity index (χ1) is 12.9. The number of rotatable bonds is 5. The number of nitrogens with zero attached hydrogens (tertiary/aromatic N) is 1. The molecule has 0 atom stereocenters. The predicted molar refractivity (Wildman–Crippen MR) is 109 cm³/mol. The number of benzene rings is 2. The summed E-state index contributed by atoms with van der Waals surface area (Å²) in [6, 6.07) is 13.7. The number of piperidine rings is 1. The van der Waals surface area contributed by atoms with Crippen LogP contribution >= 0.6 is 0 Å². The van der Waals surface area contributed by atoms with Crippen LogP contribution in [0.4, 0.5) is 5.69 Å². The summed E-state index contributed by atoms with van der Waals surface area (Å²) in [5, 5.41) is 3.02. The van der Waals surface area contributed by atoms with Crippen LogP contribution < -0.4 is 5.32 Å². The normalized spacial score (nSPS) is 15.5. The number of carbonyl (C=O) groups excluding carboxylic acids is 2. The van der Waals surface area contributed by atoms with E-state index in [0.29, 0.717) is 6.54 Å². The average molecular weight is 364 g/mol. The highest BCUT2D eigenvalue weighted by molar-refractivity contribution is 5.98. The molecule has 27 heavy (non-hydrogen) atoms. The Bertz CT molecular complexity index is 819. The lowest BCUT2D eigenvalue weighted by atomic mass is 9.88. The Kier molecular flexibility index (Phi) is 6.07. The van der Waals surface area contributed by atoms with Crippen molar-refractivity contribution in [2.45, 2.75) is 33.6 Å². The Morgan fingerprint density at radius 2 is 1.67 bits per heavy atom. The molecule has 2 aromatic rings. The van der Waals surface area contributed by atoms with Crippen LogP contribution in [0.15, 0.2) is 42.5 Å². The standard InChI is InChI=1S/C23H28N2O2/c1-16-7-9-19(10-8-16)23(27)20-11-13-25(14-12-20)15-22(26)24-21-6-4-5-17(2)18(21)3/h4-10,20H,11-15H2,1-3H3,(H,24,26). The third kappa shape index (κ3) is 4.83. The molecule has 2 aromatic carbocycles. The van der Waals surface area contributed by atoms with E-state index in [1.54, 1.807) is 0 Å². The quantitative estimate of drug-likeness (QED) is 0.811. The van der Waals surface area contributed by atoms with Crippen LogP contribution in [-0.4, -0.2) is 36.2 Å². The fourth-order valence-corrected chi connectivity index (χ4v) is 3.59. The van der Waals surface area contributed by atoms with Crippen molar-refractivity contribution >= 4 is 17.4 Å². The molecule has 142 valence electrons. The van der Waals surface area contributed by atoms with E-state index in [9.17, 15) is 9.59 Å². The molecule has 1 saturated heterocycles. The van der Waals surface area contributed by atoms with Gasteiger partial charge in [-0.05, 0) is 63.9 Å². The van der Waals surface area contributed by atoms with Gasteiger partial charge in [0.1, 0.15) is 0 Å². The fraction of sp³-hybridized carbons (Fsp3) is 0.391. The molecular formula is C23H28N2O2. The zero-order valence-corrected chi connectivity index (χ0v) is 16.4. The minimum Gasteiger partial charge on any atom is -0.325 e. The van der Waals surface area contributed by atoms with E-state index in [-0.39, 0.29) is 17.6 Å². The van der Waals surface area contributed by atoms with Gasteiger partial charge < -0.3 is 5.32 Å². The van der Waals surface area contributed by atoms with Gasteiger partial charge in [0.05, 0.1) is 6.54 Å². The van der Waals surface area contributed by atoms with Gasteiger partial charge in [-0.25, -0.2) is 0 Å². The zero-order valence-electron chi connectivity index (χ0n) is 16.4. The minimum absolute atomic E-state index is 0.00649. The highest BCUT2D eigenvalue weighted by Gasteiger charge is 2.26. The van der Waals surface area contributed by atoms with Gasteiger partial charge in [-0.2, -0.15) is 0 Å². The minimum atomic E-state index is 0.00649. The van der Waals surface area contributed by atoms with E-state index in [1.807, 2.05) is 63.2 Å². The van der Waals surface area contributed by atoms with E-state index in [0.717, 1.165) is 48.3 Å². The SMILES string of the molecule is Cc1ccc(C(=O)C2CCN(CC(=O)Nc3cccc(C)c3C)CC2)cc1. The molecule has 3 rings (SSSR count). The van der Waals surface area contributed by atoms with Gasteiger partial charge >= 0.3 is 0 Å². The number of carbonyl (C=O) groups is 2. The van der Waals surface area contributed by atoms with E-state index in [1.165, 1.54) is 5.56 Å². The molecule has 1 heterocycles. The highest BCUT2D eigenvalue weighted by Crippen LogP contribution is 2.22. The Hall–Kier alpha value is -2.46. The molecule has 1 amide bonds. The van der Waals surface area contributed by atoms with Gasteiger partial charge in [0.2, 0.25) is 5.91 Å². The van der Waals surface area contributed by atoms with Gasteiger partial charge in [-0.3, -0.25) is 14.5 Å². The van der Waals surface area contributed by atoms with E-state index < -0.39 is 0 Å². The maximum Gasteiger partial charge on any atom is 0.238 e. The highest BCUT2D eigenvalue weighted by atomic mass is 16.2. The Morgan fingerprint density at radius 1 is 1.00 bits per heavy atom. The Morgan fingerprint density at radius 3 is 2.33 bits per heavy atom. The number of Topliss-reactive ketones (excluding diaryl/α,β-unsaturated/α-hetero) is 1. The zero-order chi connectivity index (χ0) is 19.4. The first-order valence-corrected chi connectivity index (χ1v) is 9.63. The molecule has 0 saturated carbocycles. The number of hydrogen-bond donors (Lipinski definition) is 1. The molecule has 1 aliphatic heterocycles. The summed E-state index contributed by atoms with van der Waals surface area (Å²) in [5.74, 6) is 0.299. The molecule has 0 spiro atoms. The van der Waals surface area contributed by atoms with Crippen molar-refractivity contribution in [2.75, 3.05) is 25.0 Å². The molecule has 4 nitrogen and oxygen atoms in total. The summed E-state index contributed by atoms with van der Waals surface area (Å²) in [6.45, 7) is 8.02. The molecule has 0 unspecified atom stereocenters. The first-order valence-electron chi connectivity index (χ1n) is 9.63. The summed E-state index contributed by atoms with van der Waals surface area (Å²) >= 11 is 0. The second-order valence-corrected chi connectivity index (χ2v) is 7.58. The van der Waals surface area contributed by atoms with Gasteiger partial charge in [-0.1, -0.05) is 42.0 Å². The topological polar surface area (TPSA) is 49.4 Å². The number of aryl methyl sites for hydroxylation is 2. The van der Waals surface area contributed by atoms with Crippen LogP contribution in [0.5, 0.6) is 0 Å². The fourth-order valence-electron chi connectivity index (χ4n) is 3.59. The van der Waals surface area contributed by atoms with Gasteiger partial charge in [0.25, 0.3) is 0 Å². The van der Waals surface area contributed by atoms with Crippen molar-refractivity contribution < 1.29 is 9.59 Å².